The number of benzene rings is 1. The molecule has 0 aliphatic rings. The van der Waals surface area contributed by atoms with E-state index < -0.39 is 0 Å². The van der Waals surface area contributed by atoms with Crippen LogP contribution >= 0.6 is 0 Å². The number of nitrogens with one attached hydrogen (secondary N) is 1. The number of unbranched alkanes of at least 4 members (excludes halogenated alkanes) is 1. The molecule has 3 nitrogen and oxygen atoms in total. The van der Waals surface area contributed by atoms with Gasteiger partial charge in [0.15, 0.2) is 0 Å². The first-order valence-corrected chi connectivity index (χ1v) is 7.97. The molecule has 0 aromatic heterocycles. The van der Waals surface area contributed by atoms with Crippen molar-refractivity contribution < 1.29 is 9.47 Å². The van der Waals surface area contributed by atoms with Crippen molar-refractivity contribution in [3.63, 3.8) is 0 Å². The average molecular weight is 293 g/mol. The highest BCUT2D eigenvalue weighted by Gasteiger charge is 2.06. The first-order valence-electron chi connectivity index (χ1n) is 7.97. The zero-order chi connectivity index (χ0) is 15.7. The summed E-state index contributed by atoms with van der Waals surface area (Å²) in [6, 6.07) is 4.45. The van der Waals surface area contributed by atoms with Crippen LogP contribution in [-0.4, -0.2) is 26.9 Å². The molecular formula is C18H31NO2. The fraction of sp³-hybridized carbons (Fsp3) is 0.667. The third kappa shape index (κ3) is 6.96. The van der Waals surface area contributed by atoms with Crippen LogP contribution < -0.4 is 10.1 Å². The molecule has 120 valence electrons. The summed E-state index contributed by atoms with van der Waals surface area (Å²) in [4.78, 5) is 0. The Morgan fingerprint density at radius 2 is 1.67 bits per heavy atom. The summed E-state index contributed by atoms with van der Waals surface area (Å²) in [5.74, 6) is 1.72. The molecule has 1 aromatic rings. The minimum atomic E-state index is 0.682. The topological polar surface area (TPSA) is 30.5 Å². The van der Waals surface area contributed by atoms with Crippen molar-refractivity contribution in [2.75, 3.05) is 26.9 Å². The van der Waals surface area contributed by atoms with Gasteiger partial charge in [-0.25, -0.2) is 0 Å². The van der Waals surface area contributed by atoms with Gasteiger partial charge in [0, 0.05) is 20.3 Å². The van der Waals surface area contributed by atoms with E-state index in [1.165, 1.54) is 16.7 Å². The summed E-state index contributed by atoms with van der Waals surface area (Å²) in [6.07, 6.45) is 2.08. The largest absolute Gasteiger partial charge is 0.493 e. The number of methoxy groups -OCH3 is 1. The second-order valence-electron chi connectivity index (χ2n) is 6.13. The molecule has 1 rings (SSSR count). The van der Waals surface area contributed by atoms with Crippen LogP contribution in [0.15, 0.2) is 12.1 Å². The molecule has 0 aliphatic heterocycles. The van der Waals surface area contributed by atoms with Gasteiger partial charge < -0.3 is 14.8 Å². The van der Waals surface area contributed by atoms with Gasteiger partial charge in [0.1, 0.15) is 5.75 Å². The highest BCUT2D eigenvalue weighted by atomic mass is 16.5. The van der Waals surface area contributed by atoms with E-state index in [9.17, 15) is 0 Å². The van der Waals surface area contributed by atoms with E-state index in [0.29, 0.717) is 5.92 Å². The molecule has 0 amide bonds. The van der Waals surface area contributed by atoms with E-state index in [4.69, 9.17) is 9.47 Å². The van der Waals surface area contributed by atoms with Gasteiger partial charge in [0.2, 0.25) is 0 Å². The predicted octanol–water partition coefficient (Wildman–Crippen LogP) is 3.85. The van der Waals surface area contributed by atoms with Crippen LogP contribution in [0.5, 0.6) is 5.75 Å². The summed E-state index contributed by atoms with van der Waals surface area (Å²) < 4.78 is 11.0. The molecular weight excluding hydrogens is 262 g/mol. The van der Waals surface area contributed by atoms with E-state index >= 15 is 0 Å². The van der Waals surface area contributed by atoms with Crippen molar-refractivity contribution in [3.8, 4) is 5.75 Å². The molecule has 3 heteroatoms. The van der Waals surface area contributed by atoms with Crippen LogP contribution in [0, 0.1) is 19.8 Å². The smallest absolute Gasteiger partial charge is 0.125 e. The minimum Gasteiger partial charge on any atom is -0.493 e. The molecule has 1 aromatic carbocycles. The Morgan fingerprint density at radius 3 is 2.24 bits per heavy atom. The van der Waals surface area contributed by atoms with Crippen molar-refractivity contribution in [2.24, 2.45) is 5.92 Å². The van der Waals surface area contributed by atoms with E-state index in [-0.39, 0.29) is 0 Å². The van der Waals surface area contributed by atoms with Crippen molar-refractivity contribution in [1.82, 2.24) is 5.32 Å². The molecule has 0 fully saturated rings. The maximum atomic E-state index is 5.94. The molecule has 0 saturated heterocycles. The van der Waals surface area contributed by atoms with Gasteiger partial charge in [0.05, 0.1) is 6.61 Å². The van der Waals surface area contributed by atoms with Gasteiger partial charge in [-0.2, -0.15) is 0 Å². The van der Waals surface area contributed by atoms with Gasteiger partial charge in [0.25, 0.3) is 0 Å². The lowest BCUT2D eigenvalue weighted by atomic mass is 10.1. The van der Waals surface area contributed by atoms with Gasteiger partial charge >= 0.3 is 0 Å². The number of aryl methyl sites for hydroxylation is 2. The number of rotatable bonds is 10. The third-order valence-electron chi connectivity index (χ3n) is 3.39. The molecule has 0 bridgehead atoms. The second kappa shape index (κ2) is 9.80. The summed E-state index contributed by atoms with van der Waals surface area (Å²) in [5, 5.41) is 3.49. The van der Waals surface area contributed by atoms with Crippen LogP contribution in [0.2, 0.25) is 0 Å². The molecule has 0 aliphatic carbocycles. The molecule has 0 radical (unpaired) electrons. The fourth-order valence-electron chi connectivity index (χ4n) is 2.40. The lowest BCUT2D eigenvalue weighted by molar-refractivity contribution is 0.184. The SMILES string of the molecule is COCCCCOc1c(C)cc(CNCC(C)C)cc1C. The predicted molar refractivity (Wildman–Crippen MR) is 89.1 cm³/mol. The van der Waals surface area contributed by atoms with Crippen molar-refractivity contribution in [2.45, 2.75) is 47.1 Å². The number of ether oxygens (including phenoxy) is 2. The molecule has 0 atom stereocenters. The first kappa shape index (κ1) is 18.0. The van der Waals surface area contributed by atoms with Gasteiger partial charge in [-0.3, -0.25) is 0 Å². The lowest BCUT2D eigenvalue weighted by Crippen LogP contribution is -2.19. The van der Waals surface area contributed by atoms with Crippen LogP contribution in [0.1, 0.15) is 43.4 Å². The Kier molecular flexibility index (Phi) is 8.40. The Morgan fingerprint density at radius 1 is 1.05 bits per heavy atom. The maximum absolute atomic E-state index is 5.94. The van der Waals surface area contributed by atoms with Crippen LogP contribution in [0.4, 0.5) is 0 Å². The average Bonchev–Trinajstić information content (AvgIpc) is 2.40. The zero-order valence-corrected chi connectivity index (χ0v) is 14.3. The summed E-state index contributed by atoms with van der Waals surface area (Å²) in [6.45, 7) is 12.3. The van der Waals surface area contributed by atoms with Gasteiger partial charge in [-0.1, -0.05) is 26.0 Å². The molecule has 1 N–H and O–H groups in total. The van der Waals surface area contributed by atoms with Crippen molar-refractivity contribution in [1.29, 1.82) is 0 Å². The Bertz CT molecular complexity index is 393. The second-order valence-corrected chi connectivity index (χ2v) is 6.13. The van der Waals surface area contributed by atoms with E-state index in [0.717, 1.165) is 44.9 Å². The molecule has 21 heavy (non-hydrogen) atoms. The van der Waals surface area contributed by atoms with Crippen LogP contribution in [0.3, 0.4) is 0 Å². The Hall–Kier alpha value is -1.06. The highest BCUT2D eigenvalue weighted by molar-refractivity contribution is 5.43. The molecule has 0 heterocycles. The lowest BCUT2D eigenvalue weighted by Gasteiger charge is -2.15. The molecule has 0 saturated carbocycles. The van der Waals surface area contributed by atoms with Crippen LogP contribution in [-0.2, 0) is 11.3 Å². The highest BCUT2D eigenvalue weighted by Crippen LogP contribution is 2.25. The standard InChI is InChI=1S/C18H31NO2/c1-14(2)12-19-13-17-10-15(3)18(16(4)11-17)21-9-7-6-8-20-5/h10-11,14,19H,6-9,12-13H2,1-5H3. The summed E-state index contributed by atoms with van der Waals surface area (Å²) in [5.41, 5.74) is 3.78. The maximum Gasteiger partial charge on any atom is 0.125 e. The molecule has 0 spiro atoms. The van der Waals surface area contributed by atoms with Crippen molar-refractivity contribution in [3.05, 3.63) is 28.8 Å². The van der Waals surface area contributed by atoms with Crippen molar-refractivity contribution >= 4 is 0 Å². The third-order valence-corrected chi connectivity index (χ3v) is 3.39. The number of hydrogen-bond acceptors (Lipinski definition) is 3. The summed E-state index contributed by atoms with van der Waals surface area (Å²) in [7, 11) is 1.74. The first-order chi connectivity index (χ1) is 10.0. The monoisotopic (exact) mass is 293 g/mol. The fourth-order valence-corrected chi connectivity index (χ4v) is 2.40. The van der Waals surface area contributed by atoms with Gasteiger partial charge in [-0.05, 0) is 55.8 Å². The van der Waals surface area contributed by atoms with Gasteiger partial charge in [-0.15, -0.1) is 0 Å². The summed E-state index contributed by atoms with van der Waals surface area (Å²) >= 11 is 0. The van der Waals surface area contributed by atoms with Crippen LogP contribution in [0.25, 0.3) is 0 Å². The Labute approximate surface area is 130 Å². The number of hydrogen-bond donors (Lipinski definition) is 1. The van der Waals surface area contributed by atoms with E-state index in [2.05, 4.69) is 45.1 Å². The van der Waals surface area contributed by atoms with E-state index in [1.54, 1.807) is 7.11 Å². The quantitative estimate of drug-likeness (QED) is 0.665. The normalized spacial score (nSPS) is 11.1. The Balaban J connectivity index is 2.50. The molecule has 0 unspecified atom stereocenters. The minimum absolute atomic E-state index is 0.682. The van der Waals surface area contributed by atoms with E-state index in [1.807, 2.05) is 0 Å². The zero-order valence-electron chi connectivity index (χ0n) is 14.3.